The van der Waals surface area contributed by atoms with Gasteiger partial charge in [-0.05, 0) is 25.7 Å². The summed E-state index contributed by atoms with van der Waals surface area (Å²) < 4.78 is 0. The van der Waals surface area contributed by atoms with Crippen molar-refractivity contribution in [2.75, 3.05) is 18.0 Å². The van der Waals surface area contributed by atoms with Crippen LogP contribution in [0.1, 0.15) is 19.8 Å². The average molecular weight is 251 g/mol. The third-order valence-electron chi connectivity index (χ3n) is 3.40. The van der Waals surface area contributed by atoms with E-state index in [2.05, 4.69) is 9.97 Å². The molecule has 98 valence electrons. The number of anilines is 1. The Morgan fingerprint density at radius 2 is 2.00 bits per heavy atom. The van der Waals surface area contributed by atoms with E-state index in [-0.39, 0.29) is 11.7 Å². The van der Waals surface area contributed by atoms with Crippen LogP contribution in [-0.2, 0) is 0 Å². The molecule has 0 amide bonds. The van der Waals surface area contributed by atoms with Crippen LogP contribution in [-0.4, -0.2) is 34.0 Å². The van der Waals surface area contributed by atoms with Gasteiger partial charge in [0.1, 0.15) is 12.4 Å². The molecule has 18 heavy (non-hydrogen) atoms. The van der Waals surface area contributed by atoms with Gasteiger partial charge in [0.2, 0.25) is 5.95 Å². The van der Waals surface area contributed by atoms with Crippen LogP contribution in [0, 0.1) is 16.0 Å². The second-order valence-electron chi connectivity index (χ2n) is 4.68. The molecular weight excluding hydrogens is 234 g/mol. The van der Waals surface area contributed by atoms with E-state index < -0.39 is 4.92 Å². The molecule has 1 aliphatic heterocycles. The molecule has 2 N–H and O–H groups in total. The van der Waals surface area contributed by atoms with Crippen molar-refractivity contribution >= 4 is 11.6 Å². The summed E-state index contributed by atoms with van der Waals surface area (Å²) in [5, 5.41) is 10.5. The van der Waals surface area contributed by atoms with Gasteiger partial charge in [-0.3, -0.25) is 10.1 Å². The standard InChI is InChI=1S/C11H17N5O2/c1-8(12)9-2-4-15(5-3-9)11-13-6-10(7-14-11)16(17)18/h6-9H,2-5,12H2,1H3. The lowest BCUT2D eigenvalue weighted by molar-refractivity contribution is -0.385. The van der Waals surface area contributed by atoms with E-state index in [1.54, 1.807) is 0 Å². The summed E-state index contributed by atoms with van der Waals surface area (Å²) in [5.41, 5.74) is 5.80. The van der Waals surface area contributed by atoms with Crippen molar-refractivity contribution in [3.8, 4) is 0 Å². The van der Waals surface area contributed by atoms with Gasteiger partial charge < -0.3 is 10.6 Å². The number of hydrogen-bond donors (Lipinski definition) is 1. The molecule has 0 saturated carbocycles. The van der Waals surface area contributed by atoms with E-state index >= 15 is 0 Å². The molecule has 2 rings (SSSR count). The van der Waals surface area contributed by atoms with E-state index in [0.717, 1.165) is 25.9 Å². The van der Waals surface area contributed by atoms with Crippen molar-refractivity contribution in [2.24, 2.45) is 11.7 Å². The summed E-state index contributed by atoms with van der Waals surface area (Å²) in [4.78, 5) is 20.1. The molecule has 1 saturated heterocycles. The highest BCUT2D eigenvalue weighted by Gasteiger charge is 2.23. The van der Waals surface area contributed by atoms with Crippen LogP contribution in [0.25, 0.3) is 0 Å². The van der Waals surface area contributed by atoms with Gasteiger partial charge in [-0.25, -0.2) is 9.97 Å². The van der Waals surface area contributed by atoms with Crippen molar-refractivity contribution in [2.45, 2.75) is 25.8 Å². The van der Waals surface area contributed by atoms with Crippen molar-refractivity contribution in [3.63, 3.8) is 0 Å². The molecule has 0 aliphatic carbocycles. The molecule has 1 unspecified atom stereocenters. The summed E-state index contributed by atoms with van der Waals surface area (Å²) in [6.07, 6.45) is 4.52. The fourth-order valence-corrected chi connectivity index (χ4v) is 2.20. The maximum absolute atomic E-state index is 10.5. The largest absolute Gasteiger partial charge is 0.341 e. The third-order valence-corrected chi connectivity index (χ3v) is 3.40. The molecule has 0 aromatic carbocycles. The molecule has 7 heteroatoms. The Morgan fingerprint density at radius 1 is 1.44 bits per heavy atom. The number of hydrogen-bond acceptors (Lipinski definition) is 6. The minimum Gasteiger partial charge on any atom is -0.341 e. The van der Waals surface area contributed by atoms with Gasteiger partial charge in [-0.1, -0.05) is 0 Å². The van der Waals surface area contributed by atoms with Gasteiger partial charge in [0.15, 0.2) is 0 Å². The summed E-state index contributed by atoms with van der Waals surface area (Å²) in [7, 11) is 0. The third kappa shape index (κ3) is 2.73. The highest BCUT2D eigenvalue weighted by atomic mass is 16.6. The second-order valence-corrected chi connectivity index (χ2v) is 4.68. The van der Waals surface area contributed by atoms with Crippen molar-refractivity contribution in [1.29, 1.82) is 0 Å². The van der Waals surface area contributed by atoms with Gasteiger partial charge >= 0.3 is 5.69 Å². The highest BCUT2D eigenvalue weighted by Crippen LogP contribution is 2.22. The lowest BCUT2D eigenvalue weighted by Gasteiger charge is -2.33. The number of aromatic nitrogens is 2. The maximum Gasteiger partial charge on any atom is 0.305 e. The molecular formula is C11H17N5O2. The van der Waals surface area contributed by atoms with E-state index in [9.17, 15) is 10.1 Å². The Balaban J connectivity index is 1.99. The zero-order valence-electron chi connectivity index (χ0n) is 10.3. The summed E-state index contributed by atoms with van der Waals surface area (Å²) in [5.74, 6) is 1.10. The van der Waals surface area contributed by atoms with E-state index in [0.29, 0.717) is 11.9 Å². The smallest absolute Gasteiger partial charge is 0.305 e. The Kier molecular flexibility index (Phi) is 3.71. The van der Waals surface area contributed by atoms with Crippen LogP contribution in [0.3, 0.4) is 0 Å². The first kappa shape index (κ1) is 12.7. The Bertz CT molecular complexity index is 412. The molecule has 1 aromatic rings. The SMILES string of the molecule is CC(N)C1CCN(c2ncc([N+](=O)[O-])cn2)CC1. The van der Waals surface area contributed by atoms with E-state index in [1.807, 2.05) is 11.8 Å². The first-order valence-corrected chi connectivity index (χ1v) is 6.05. The fraction of sp³-hybridized carbons (Fsp3) is 0.636. The quantitative estimate of drug-likeness (QED) is 0.634. The Hall–Kier alpha value is -1.76. The van der Waals surface area contributed by atoms with Gasteiger partial charge in [0.05, 0.1) is 4.92 Å². The van der Waals surface area contributed by atoms with Crippen molar-refractivity contribution in [3.05, 3.63) is 22.5 Å². The first-order valence-electron chi connectivity index (χ1n) is 6.05. The van der Waals surface area contributed by atoms with E-state index in [1.165, 1.54) is 12.4 Å². The van der Waals surface area contributed by atoms with Gasteiger partial charge in [0.25, 0.3) is 0 Å². The summed E-state index contributed by atoms with van der Waals surface area (Å²) in [6.45, 7) is 3.73. The number of nitrogens with two attached hydrogens (primary N) is 1. The molecule has 1 aliphatic rings. The molecule has 2 heterocycles. The highest BCUT2D eigenvalue weighted by molar-refractivity contribution is 5.34. The molecule has 0 spiro atoms. The lowest BCUT2D eigenvalue weighted by Crippen LogP contribution is -2.40. The predicted molar refractivity (Wildman–Crippen MR) is 67.3 cm³/mol. The molecule has 1 fully saturated rings. The van der Waals surface area contributed by atoms with Gasteiger partial charge in [-0.2, -0.15) is 0 Å². The number of nitrogens with zero attached hydrogens (tertiary/aromatic N) is 4. The minimum absolute atomic E-state index is 0.0794. The van der Waals surface area contributed by atoms with Crippen LogP contribution < -0.4 is 10.6 Å². The van der Waals surface area contributed by atoms with Crippen LogP contribution in [0.15, 0.2) is 12.4 Å². The topological polar surface area (TPSA) is 98.2 Å². The second kappa shape index (κ2) is 5.26. The van der Waals surface area contributed by atoms with E-state index in [4.69, 9.17) is 5.73 Å². The zero-order chi connectivity index (χ0) is 13.1. The monoisotopic (exact) mass is 251 g/mol. The number of rotatable bonds is 3. The summed E-state index contributed by atoms with van der Waals surface area (Å²) in [6, 6.07) is 0.213. The first-order chi connectivity index (χ1) is 8.58. The van der Waals surface area contributed by atoms with Crippen LogP contribution >= 0.6 is 0 Å². The minimum atomic E-state index is -0.494. The molecule has 0 radical (unpaired) electrons. The fourth-order valence-electron chi connectivity index (χ4n) is 2.20. The van der Waals surface area contributed by atoms with Gasteiger partial charge in [0, 0.05) is 19.1 Å². The average Bonchev–Trinajstić information content (AvgIpc) is 2.39. The summed E-state index contributed by atoms with van der Waals surface area (Å²) >= 11 is 0. The van der Waals surface area contributed by atoms with Crippen LogP contribution in [0.2, 0.25) is 0 Å². The van der Waals surface area contributed by atoms with Crippen molar-refractivity contribution < 1.29 is 4.92 Å². The zero-order valence-corrected chi connectivity index (χ0v) is 10.3. The Morgan fingerprint density at radius 3 is 2.44 bits per heavy atom. The normalized spacial score (nSPS) is 18.7. The maximum atomic E-state index is 10.5. The molecule has 0 bridgehead atoms. The molecule has 1 aromatic heterocycles. The van der Waals surface area contributed by atoms with Crippen LogP contribution in [0.4, 0.5) is 11.6 Å². The number of nitro groups is 1. The lowest BCUT2D eigenvalue weighted by atomic mass is 9.91. The predicted octanol–water partition coefficient (Wildman–Crippen LogP) is 0.948. The van der Waals surface area contributed by atoms with Gasteiger partial charge in [-0.15, -0.1) is 0 Å². The molecule has 1 atom stereocenters. The van der Waals surface area contributed by atoms with Crippen LogP contribution in [0.5, 0.6) is 0 Å². The van der Waals surface area contributed by atoms with Crippen molar-refractivity contribution in [1.82, 2.24) is 9.97 Å². The number of piperidine rings is 1. The Labute approximate surface area is 105 Å². The molecule has 7 nitrogen and oxygen atoms in total.